The second-order valence-electron chi connectivity index (χ2n) is 5.28. The largest absolute Gasteiger partial charge is 0.497 e. The maximum Gasteiger partial charge on any atom is 0.261 e. The fraction of sp³-hybridized carbons (Fsp3) is 0.294. The van der Waals surface area contributed by atoms with Crippen LogP contribution in [0.5, 0.6) is 5.75 Å². The highest BCUT2D eigenvalue weighted by Gasteiger charge is 2.18. The summed E-state index contributed by atoms with van der Waals surface area (Å²) >= 11 is 1.44. The van der Waals surface area contributed by atoms with Crippen LogP contribution in [0.4, 0.5) is 0 Å². The lowest BCUT2D eigenvalue weighted by molar-refractivity contribution is 0.0959. The van der Waals surface area contributed by atoms with Crippen molar-refractivity contribution in [2.75, 3.05) is 20.2 Å². The molecule has 2 aromatic heterocycles. The molecule has 3 rings (SSSR count). The number of carbonyl (C=O) groups is 1. The van der Waals surface area contributed by atoms with E-state index in [1.54, 1.807) is 7.11 Å². The standard InChI is InChI=1S/C17H20N4O2S/c1-3-14-13-10-15(16(22)19-9-8-18)24-17(13)21(20-14)11-4-6-12(23-2)7-5-11/h4-7,10H,3,8-9,18H2,1-2H3,(H,19,22). The monoisotopic (exact) mass is 344 g/mol. The number of aromatic nitrogens is 2. The molecule has 0 aliphatic heterocycles. The highest BCUT2D eigenvalue weighted by molar-refractivity contribution is 7.20. The predicted octanol–water partition coefficient (Wildman–Crippen LogP) is 2.35. The Hall–Kier alpha value is -2.38. The summed E-state index contributed by atoms with van der Waals surface area (Å²) < 4.78 is 7.09. The smallest absolute Gasteiger partial charge is 0.261 e. The number of carbonyl (C=O) groups excluding carboxylic acids is 1. The SMILES string of the molecule is CCc1nn(-c2ccc(OC)cc2)c2sc(C(=O)NCCN)cc12. The van der Waals surface area contributed by atoms with E-state index in [4.69, 9.17) is 15.6 Å². The van der Waals surface area contributed by atoms with Gasteiger partial charge in [0, 0.05) is 18.5 Å². The van der Waals surface area contributed by atoms with E-state index in [-0.39, 0.29) is 5.91 Å². The van der Waals surface area contributed by atoms with Gasteiger partial charge in [-0.05, 0) is 36.8 Å². The molecule has 0 unspecified atom stereocenters. The molecule has 1 amide bonds. The molecule has 0 radical (unpaired) electrons. The van der Waals surface area contributed by atoms with Crippen molar-refractivity contribution in [3.63, 3.8) is 0 Å². The number of ether oxygens (including phenoxy) is 1. The molecule has 0 atom stereocenters. The van der Waals surface area contributed by atoms with Crippen LogP contribution in [-0.2, 0) is 6.42 Å². The normalized spacial score (nSPS) is 11.0. The molecule has 3 N–H and O–H groups in total. The van der Waals surface area contributed by atoms with Crippen LogP contribution < -0.4 is 15.8 Å². The second kappa shape index (κ2) is 7.02. The third kappa shape index (κ3) is 3.00. The maximum atomic E-state index is 12.2. The first-order chi connectivity index (χ1) is 11.7. The number of hydrogen-bond donors (Lipinski definition) is 2. The summed E-state index contributed by atoms with van der Waals surface area (Å²) in [6.45, 7) is 2.96. The topological polar surface area (TPSA) is 82.2 Å². The summed E-state index contributed by atoms with van der Waals surface area (Å²) in [6.07, 6.45) is 0.806. The Labute approximate surface area is 144 Å². The number of amides is 1. The van der Waals surface area contributed by atoms with Crippen LogP contribution in [-0.4, -0.2) is 35.9 Å². The Morgan fingerprint density at radius 2 is 2.12 bits per heavy atom. The predicted molar refractivity (Wildman–Crippen MR) is 96.3 cm³/mol. The Morgan fingerprint density at radius 1 is 1.38 bits per heavy atom. The van der Waals surface area contributed by atoms with Crippen molar-refractivity contribution < 1.29 is 9.53 Å². The number of nitrogens with one attached hydrogen (secondary N) is 1. The molecule has 2 heterocycles. The van der Waals surface area contributed by atoms with Gasteiger partial charge >= 0.3 is 0 Å². The number of thiophene rings is 1. The van der Waals surface area contributed by atoms with Gasteiger partial charge in [0.1, 0.15) is 10.6 Å². The summed E-state index contributed by atoms with van der Waals surface area (Å²) in [5.74, 6) is 0.705. The van der Waals surface area contributed by atoms with Crippen molar-refractivity contribution in [3.8, 4) is 11.4 Å². The maximum absolute atomic E-state index is 12.2. The van der Waals surface area contributed by atoms with Gasteiger partial charge in [-0.3, -0.25) is 4.79 Å². The Morgan fingerprint density at radius 3 is 2.75 bits per heavy atom. The van der Waals surface area contributed by atoms with Crippen molar-refractivity contribution in [3.05, 3.63) is 40.9 Å². The Balaban J connectivity index is 2.04. The summed E-state index contributed by atoms with van der Waals surface area (Å²) in [7, 11) is 1.64. The van der Waals surface area contributed by atoms with Gasteiger partial charge in [0.25, 0.3) is 5.91 Å². The molecule has 0 bridgehead atoms. The minimum absolute atomic E-state index is 0.0926. The minimum atomic E-state index is -0.0926. The van der Waals surface area contributed by atoms with Crippen LogP contribution in [0.3, 0.4) is 0 Å². The first-order valence-corrected chi connectivity index (χ1v) is 8.63. The van der Waals surface area contributed by atoms with E-state index in [1.165, 1.54) is 11.3 Å². The molecule has 0 aliphatic rings. The van der Waals surface area contributed by atoms with Crippen LogP contribution in [0.1, 0.15) is 22.3 Å². The van der Waals surface area contributed by atoms with Crippen molar-refractivity contribution in [1.82, 2.24) is 15.1 Å². The highest BCUT2D eigenvalue weighted by Crippen LogP contribution is 2.31. The molecule has 0 spiro atoms. The van der Waals surface area contributed by atoms with Gasteiger partial charge in [0.2, 0.25) is 0 Å². The minimum Gasteiger partial charge on any atom is -0.497 e. The molecule has 24 heavy (non-hydrogen) atoms. The lowest BCUT2D eigenvalue weighted by Crippen LogP contribution is -2.28. The van der Waals surface area contributed by atoms with Crippen molar-refractivity contribution in [2.24, 2.45) is 5.73 Å². The summed E-state index contributed by atoms with van der Waals surface area (Å²) in [6, 6.07) is 9.63. The molecule has 0 fully saturated rings. The summed E-state index contributed by atoms with van der Waals surface area (Å²) in [4.78, 5) is 13.8. The molecule has 1 aromatic carbocycles. The van der Waals surface area contributed by atoms with Crippen LogP contribution in [0.2, 0.25) is 0 Å². The number of nitrogens with two attached hydrogens (primary N) is 1. The average Bonchev–Trinajstić information content (AvgIpc) is 3.19. The number of rotatable bonds is 6. The van der Waals surface area contributed by atoms with Crippen LogP contribution in [0, 0.1) is 0 Å². The molecule has 7 heteroatoms. The van der Waals surface area contributed by atoms with Crippen LogP contribution in [0.25, 0.3) is 15.9 Å². The molecule has 3 aromatic rings. The lowest BCUT2D eigenvalue weighted by Gasteiger charge is -2.04. The number of methoxy groups -OCH3 is 1. The summed E-state index contributed by atoms with van der Waals surface area (Å²) in [5.41, 5.74) is 7.37. The Kier molecular flexibility index (Phi) is 4.82. The number of fused-ring (bicyclic) bond motifs is 1. The van der Waals surface area contributed by atoms with Crippen LogP contribution >= 0.6 is 11.3 Å². The van der Waals surface area contributed by atoms with E-state index < -0.39 is 0 Å². The zero-order valence-corrected chi connectivity index (χ0v) is 14.5. The fourth-order valence-electron chi connectivity index (χ4n) is 2.51. The van der Waals surface area contributed by atoms with Gasteiger partial charge in [-0.15, -0.1) is 11.3 Å². The third-order valence-electron chi connectivity index (χ3n) is 3.74. The first kappa shape index (κ1) is 16.5. The van der Waals surface area contributed by atoms with Gasteiger partial charge in [0.05, 0.1) is 23.4 Å². The molecule has 0 saturated heterocycles. The molecule has 6 nitrogen and oxygen atoms in total. The molecular weight excluding hydrogens is 324 g/mol. The van der Waals surface area contributed by atoms with Gasteiger partial charge < -0.3 is 15.8 Å². The first-order valence-electron chi connectivity index (χ1n) is 7.82. The van der Waals surface area contributed by atoms with Gasteiger partial charge in [0.15, 0.2) is 0 Å². The fourth-order valence-corrected chi connectivity index (χ4v) is 3.58. The molecule has 0 saturated carbocycles. The molecule has 0 aliphatic carbocycles. The zero-order chi connectivity index (χ0) is 17.1. The number of nitrogens with zero attached hydrogens (tertiary/aromatic N) is 2. The lowest BCUT2D eigenvalue weighted by atomic mass is 10.2. The Bertz CT molecular complexity index is 851. The number of benzene rings is 1. The van der Waals surface area contributed by atoms with E-state index >= 15 is 0 Å². The molecular formula is C17H20N4O2S. The van der Waals surface area contributed by atoms with Crippen LogP contribution in [0.15, 0.2) is 30.3 Å². The molecule has 126 valence electrons. The number of hydrogen-bond acceptors (Lipinski definition) is 5. The van der Waals surface area contributed by atoms with E-state index in [9.17, 15) is 4.79 Å². The van der Waals surface area contributed by atoms with Gasteiger partial charge in [-0.25, -0.2) is 4.68 Å². The third-order valence-corrected chi connectivity index (χ3v) is 4.85. The van der Waals surface area contributed by atoms with E-state index in [0.29, 0.717) is 18.0 Å². The quantitative estimate of drug-likeness (QED) is 0.719. The van der Waals surface area contributed by atoms with Crippen molar-refractivity contribution >= 4 is 27.5 Å². The highest BCUT2D eigenvalue weighted by atomic mass is 32.1. The van der Waals surface area contributed by atoms with Crippen molar-refractivity contribution in [2.45, 2.75) is 13.3 Å². The van der Waals surface area contributed by atoms with E-state index in [2.05, 4.69) is 12.2 Å². The zero-order valence-electron chi connectivity index (χ0n) is 13.7. The summed E-state index contributed by atoms with van der Waals surface area (Å²) in [5, 5.41) is 8.53. The van der Waals surface area contributed by atoms with Gasteiger partial charge in [-0.1, -0.05) is 6.92 Å². The van der Waals surface area contributed by atoms with E-state index in [1.807, 2.05) is 35.0 Å². The number of aryl methyl sites for hydroxylation is 1. The van der Waals surface area contributed by atoms with Gasteiger partial charge in [-0.2, -0.15) is 5.10 Å². The second-order valence-corrected chi connectivity index (χ2v) is 6.31. The average molecular weight is 344 g/mol. The van der Waals surface area contributed by atoms with E-state index in [0.717, 1.165) is 33.8 Å². The van der Waals surface area contributed by atoms with Crippen molar-refractivity contribution in [1.29, 1.82) is 0 Å².